The van der Waals surface area contributed by atoms with Gasteiger partial charge in [0.2, 0.25) is 0 Å². The molecule has 20 heavy (non-hydrogen) atoms. The molecule has 2 rings (SSSR count). The lowest BCUT2D eigenvalue weighted by Crippen LogP contribution is -2.30. The van der Waals surface area contributed by atoms with Crippen LogP contribution in [0.5, 0.6) is 0 Å². The van der Waals surface area contributed by atoms with Crippen LogP contribution in [0.25, 0.3) is 0 Å². The monoisotopic (exact) mass is 280 g/mol. The van der Waals surface area contributed by atoms with Crippen molar-refractivity contribution in [3.05, 3.63) is 11.5 Å². The van der Waals surface area contributed by atoms with Gasteiger partial charge in [-0.25, -0.2) is 9.78 Å². The first-order valence-electron chi connectivity index (χ1n) is 7.32. The second kappa shape index (κ2) is 6.26. The highest BCUT2D eigenvalue weighted by molar-refractivity contribution is 5.92. The summed E-state index contributed by atoms with van der Waals surface area (Å²) in [5, 5.41) is 0. The molecule has 1 aromatic heterocycles. The van der Waals surface area contributed by atoms with Gasteiger partial charge in [0.15, 0.2) is 5.69 Å². The highest BCUT2D eigenvalue weighted by atomic mass is 16.5. The Balaban J connectivity index is 2.05. The average molecular weight is 280 g/mol. The van der Waals surface area contributed by atoms with Gasteiger partial charge in [-0.3, -0.25) is 4.90 Å². The number of aryl methyl sites for hydroxylation is 1. The van der Waals surface area contributed by atoms with Crippen LogP contribution in [0.15, 0.2) is 0 Å². The number of esters is 1. The van der Waals surface area contributed by atoms with Gasteiger partial charge in [0.25, 0.3) is 0 Å². The zero-order valence-electron chi connectivity index (χ0n) is 12.6. The van der Waals surface area contributed by atoms with Crippen molar-refractivity contribution in [2.24, 2.45) is 0 Å². The smallest absolute Gasteiger partial charge is 0.360 e. The molecule has 1 heterocycles. The molecule has 1 fully saturated rings. The first-order chi connectivity index (χ1) is 9.58. The number of likely N-dealkylation sites (N-methyl/N-ethyl adjacent to an activating group) is 1. The molecule has 112 valence electrons. The van der Waals surface area contributed by atoms with Crippen LogP contribution < -0.4 is 5.73 Å². The Labute approximate surface area is 119 Å². The van der Waals surface area contributed by atoms with Crippen LogP contribution in [0, 0.1) is 6.92 Å². The molecule has 0 atom stereocenters. The van der Waals surface area contributed by atoms with Crippen LogP contribution in [0.2, 0.25) is 0 Å². The van der Waals surface area contributed by atoms with E-state index in [1.165, 1.54) is 12.8 Å². The van der Waals surface area contributed by atoms with Crippen LogP contribution in [-0.4, -0.2) is 46.2 Å². The van der Waals surface area contributed by atoms with E-state index in [1.54, 1.807) is 6.92 Å². The van der Waals surface area contributed by atoms with Gasteiger partial charge in [-0.05, 0) is 33.2 Å². The van der Waals surface area contributed by atoms with Gasteiger partial charge in [0.05, 0.1) is 6.61 Å². The molecule has 1 aromatic rings. The Morgan fingerprint density at radius 1 is 1.50 bits per heavy atom. The normalized spacial score (nSPS) is 14.8. The third-order valence-corrected chi connectivity index (χ3v) is 3.75. The first-order valence-corrected chi connectivity index (χ1v) is 7.32. The highest BCUT2D eigenvalue weighted by Gasteiger charge is 2.28. The number of nitrogen functional groups attached to an aromatic ring is 1. The van der Waals surface area contributed by atoms with E-state index in [9.17, 15) is 4.79 Å². The summed E-state index contributed by atoms with van der Waals surface area (Å²) in [7, 11) is 0. The molecule has 1 aliphatic rings. The number of nitrogens with zero attached hydrogens (tertiary/aromatic N) is 3. The maximum Gasteiger partial charge on any atom is 0.360 e. The summed E-state index contributed by atoms with van der Waals surface area (Å²) in [6, 6.07) is 0.731. The number of carbonyl (C=O) groups excluding carboxylic acids is 1. The van der Waals surface area contributed by atoms with Crippen molar-refractivity contribution in [3.63, 3.8) is 0 Å². The molecule has 0 saturated heterocycles. The highest BCUT2D eigenvalue weighted by Crippen LogP contribution is 2.26. The summed E-state index contributed by atoms with van der Waals surface area (Å²) in [5.74, 6) is 0.728. The van der Waals surface area contributed by atoms with Gasteiger partial charge in [-0.15, -0.1) is 0 Å². The molecule has 1 aliphatic carbocycles. The van der Waals surface area contributed by atoms with Crippen molar-refractivity contribution in [1.29, 1.82) is 0 Å². The maximum absolute atomic E-state index is 11.8. The van der Waals surface area contributed by atoms with E-state index in [4.69, 9.17) is 10.5 Å². The minimum absolute atomic E-state index is 0.235. The molecule has 2 N–H and O–H groups in total. The summed E-state index contributed by atoms with van der Waals surface area (Å²) in [5.41, 5.74) is 6.27. The fourth-order valence-electron chi connectivity index (χ4n) is 2.48. The van der Waals surface area contributed by atoms with E-state index >= 15 is 0 Å². The molecule has 1 saturated carbocycles. The van der Waals surface area contributed by atoms with Crippen molar-refractivity contribution in [3.8, 4) is 0 Å². The molecule has 6 nitrogen and oxygen atoms in total. The fourth-order valence-corrected chi connectivity index (χ4v) is 2.48. The number of aromatic nitrogens is 2. The quantitative estimate of drug-likeness (QED) is 0.765. The van der Waals surface area contributed by atoms with E-state index < -0.39 is 5.97 Å². The molecule has 0 unspecified atom stereocenters. The molecular weight excluding hydrogens is 256 g/mol. The minimum atomic E-state index is -0.443. The van der Waals surface area contributed by atoms with Crippen LogP contribution >= 0.6 is 0 Å². The molecule has 0 amide bonds. The van der Waals surface area contributed by atoms with Gasteiger partial charge in [0, 0.05) is 19.1 Å². The van der Waals surface area contributed by atoms with Crippen molar-refractivity contribution < 1.29 is 9.53 Å². The summed E-state index contributed by atoms with van der Waals surface area (Å²) in [4.78, 5) is 18.4. The van der Waals surface area contributed by atoms with Crippen LogP contribution in [0.3, 0.4) is 0 Å². The molecular formula is C14H24N4O2. The number of rotatable bonds is 7. The molecule has 0 aromatic carbocycles. The molecule has 0 radical (unpaired) electrons. The predicted molar refractivity (Wildman–Crippen MR) is 77.6 cm³/mol. The van der Waals surface area contributed by atoms with Gasteiger partial charge >= 0.3 is 5.97 Å². The zero-order chi connectivity index (χ0) is 14.7. The second-order valence-corrected chi connectivity index (χ2v) is 5.12. The van der Waals surface area contributed by atoms with Crippen LogP contribution in [-0.2, 0) is 11.3 Å². The predicted octanol–water partition coefficient (Wildman–Crippen LogP) is 1.43. The number of hydrogen-bond donors (Lipinski definition) is 1. The Hall–Kier alpha value is -1.56. The average Bonchev–Trinajstić information content (AvgIpc) is 3.20. The van der Waals surface area contributed by atoms with E-state index in [0.717, 1.165) is 31.5 Å². The maximum atomic E-state index is 11.8. The third kappa shape index (κ3) is 3.12. The van der Waals surface area contributed by atoms with Crippen molar-refractivity contribution in [2.45, 2.75) is 46.2 Å². The Kier molecular flexibility index (Phi) is 4.65. The Morgan fingerprint density at radius 3 is 2.75 bits per heavy atom. The fraction of sp³-hybridized carbons (Fsp3) is 0.714. The van der Waals surface area contributed by atoms with Crippen LogP contribution in [0.4, 0.5) is 5.82 Å². The Bertz CT molecular complexity index is 480. The number of ether oxygens (including phenoxy) is 1. The number of carbonyl (C=O) groups is 1. The largest absolute Gasteiger partial charge is 0.461 e. The Morgan fingerprint density at radius 2 is 2.20 bits per heavy atom. The standard InChI is InChI=1S/C14H24N4O2/c1-4-17(11-6-7-11)8-9-18-10(3)16-12(13(18)15)14(19)20-5-2/h11H,4-9,15H2,1-3H3. The summed E-state index contributed by atoms with van der Waals surface area (Å²) < 4.78 is 6.87. The molecule has 0 spiro atoms. The second-order valence-electron chi connectivity index (χ2n) is 5.12. The third-order valence-electron chi connectivity index (χ3n) is 3.75. The minimum Gasteiger partial charge on any atom is -0.461 e. The molecule has 6 heteroatoms. The first kappa shape index (κ1) is 14.8. The van der Waals surface area contributed by atoms with Gasteiger partial charge < -0.3 is 15.0 Å². The molecule has 0 bridgehead atoms. The lowest BCUT2D eigenvalue weighted by molar-refractivity contribution is 0.0521. The van der Waals surface area contributed by atoms with E-state index in [2.05, 4.69) is 16.8 Å². The zero-order valence-corrected chi connectivity index (χ0v) is 12.6. The number of hydrogen-bond acceptors (Lipinski definition) is 5. The number of nitrogens with two attached hydrogens (primary N) is 1. The number of imidazole rings is 1. The van der Waals surface area contributed by atoms with Gasteiger partial charge in [0.1, 0.15) is 11.6 Å². The SMILES string of the molecule is CCOC(=O)c1nc(C)n(CCN(CC)C2CC2)c1N. The van der Waals surface area contributed by atoms with E-state index in [1.807, 2.05) is 11.5 Å². The van der Waals surface area contributed by atoms with E-state index in [0.29, 0.717) is 12.4 Å². The summed E-state index contributed by atoms with van der Waals surface area (Å²) in [6.07, 6.45) is 2.58. The van der Waals surface area contributed by atoms with Crippen molar-refractivity contribution in [1.82, 2.24) is 14.5 Å². The lowest BCUT2D eigenvalue weighted by atomic mass is 10.4. The van der Waals surface area contributed by atoms with Gasteiger partial charge in [-0.1, -0.05) is 6.92 Å². The van der Waals surface area contributed by atoms with E-state index in [-0.39, 0.29) is 5.69 Å². The molecule has 0 aliphatic heterocycles. The van der Waals surface area contributed by atoms with Gasteiger partial charge in [-0.2, -0.15) is 0 Å². The topological polar surface area (TPSA) is 73.4 Å². The number of anilines is 1. The lowest BCUT2D eigenvalue weighted by Gasteiger charge is -2.20. The summed E-state index contributed by atoms with van der Waals surface area (Å²) >= 11 is 0. The van der Waals surface area contributed by atoms with Crippen molar-refractivity contribution >= 4 is 11.8 Å². The van der Waals surface area contributed by atoms with Crippen LogP contribution in [0.1, 0.15) is 43.0 Å². The summed E-state index contributed by atoms with van der Waals surface area (Å²) in [6.45, 7) is 8.88. The van der Waals surface area contributed by atoms with Crippen molar-refractivity contribution in [2.75, 3.05) is 25.4 Å².